The predicted octanol–water partition coefficient (Wildman–Crippen LogP) is 2.66. The first-order valence-electron chi connectivity index (χ1n) is 5.54. The van der Waals surface area contributed by atoms with Crippen LogP contribution in [0.5, 0.6) is 0 Å². The Morgan fingerprint density at radius 1 is 1.33 bits per heavy atom. The van der Waals surface area contributed by atoms with Gasteiger partial charge in [-0.2, -0.15) is 0 Å². The van der Waals surface area contributed by atoms with Crippen LogP contribution in [0.2, 0.25) is 5.02 Å². The molecule has 1 aromatic rings. The van der Waals surface area contributed by atoms with Gasteiger partial charge >= 0.3 is 0 Å². The lowest BCUT2D eigenvalue weighted by molar-refractivity contribution is 0.465. The average Bonchev–Trinajstić information content (AvgIpc) is 2.30. The summed E-state index contributed by atoms with van der Waals surface area (Å²) in [7, 11) is 0. The fourth-order valence-electron chi connectivity index (χ4n) is 2.25. The molecular formula is C12H17ClN2. The number of hydrogen-bond acceptors (Lipinski definition) is 2. The highest BCUT2D eigenvalue weighted by Gasteiger charge is 2.22. The molecule has 0 saturated carbocycles. The second-order valence-corrected chi connectivity index (χ2v) is 4.44. The maximum absolute atomic E-state index is 6.20. The molecule has 1 fully saturated rings. The van der Waals surface area contributed by atoms with Gasteiger partial charge in [-0.05, 0) is 31.4 Å². The molecule has 82 valence electrons. The number of nitrogens with two attached hydrogens (primary N) is 1. The van der Waals surface area contributed by atoms with E-state index in [2.05, 4.69) is 11.0 Å². The Kier molecular flexibility index (Phi) is 3.49. The lowest BCUT2D eigenvalue weighted by atomic mass is 10.0. The van der Waals surface area contributed by atoms with Crippen molar-refractivity contribution >= 4 is 17.3 Å². The van der Waals surface area contributed by atoms with Gasteiger partial charge in [-0.15, -0.1) is 0 Å². The maximum Gasteiger partial charge on any atom is 0.0639 e. The molecule has 0 bridgehead atoms. The van der Waals surface area contributed by atoms with Gasteiger partial charge in [-0.25, -0.2) is 0 Å². The smallest absolute Gasteiger partial charge is 0.0639 e. The van der Waals surface area contributed by atoms with Crippen molar-refractivity contribution in [3.63, 3.8) is 0 Å². The molecule has 0 aliphatic carbocycles. The Labute approximate surface area is 96.0 Å². The minimum atomic E-state index is 0.457. The average molecular weight is 225 g/mol. The number of benzene rings is 1. The third-order valence-electron chi connectivity index (χ3n) is 3.06. The molecule has 15 heavy (non-hydrogen) atoms. The summed E-state index contributed by atoms with van der Waals surface area (Å²) in [4.78, 5) is 2.35. The van der Waals surface area contributed by atoms with Crippen LogP contribution < -0.4 is 10.6 Å². The third kappa shape index (κ3) is 2.27. The molecule has 1 atom stereocenters. The third-order valence-corrected chi connectivity index (χ3v) is 3.38. The van der Waals surface area contributed by atoms with Crippen LogP contribution in [0.1, 0.15) is 19.3 Å². The molecule has 1 aliphatic heterocycles. The highest BCUT2D eigenvalue weighted by atomic mass is 35.5. The monoisotopic (exact) mass is 224 g/mol. The van der Waals surface area contributed by atoms with E-state index in [1.165, 1.54) is 19.3 Å². The predicted molar refractivity (Wildman–Crippen MR) is 65.5 cm³/mol. The van der Waals surface area contributed by atoms with E-state index in [-0.39, 0.29) is 0 Å². The van der Waals surface area contributed by atoms with Crippen LogP contribution in [-0.4, -0.2) is 19.1 Å². The lowest BCUT2D eigenvalue weighted by Crippen LogP contribution is -2.44. The van der Waals surface area contributed by atoms with Crippen LogP contribution in [-0.2, 0) is 0 Å². The van der Waals surface area contributed by atoms with Crippen molar-refractivity contribution in [2.24, 2.45) is 5.73 Å². The number of anilines is 1. The van der Waals surface area contributed by atoms with Crippen LogP contribution >= 0.6 is 11.6 Å². The quantitative estimate of drug-likeness (QED) is 0.837. The van der Waals surface area contributed by atoms with E-state index in [1.807, 2.05) is 18.2 Å². The molecular weight excluding hydrogens is 208 g/mol. The summed E-state index contributed by atoms with van der Waals surface area (Å²) in [6, 6.07) is 8.48. The number of piperidine rings is 1. The summed E-state index contributed by atoms with van der Waals surface area (Å²) in [5.41, 5.74) is 6.93. The summed E-state index contributed by atoms with van der Waals surface area (Å²) in [5.74, 6) is 0. The van der Waals surface area contributed by atoms with E-state index >= 15 is 0 Å². The van der Waals surface area contributed by atoms with Crippen molar-refractivity contribution < 1.29 is 0 Å². The van der Waals surface area contributed by atoms with Crippen molar-refractivity contribution in [2.45, 2.75) is 25.3 Å². The second-order valence-electron chi connectivity index (χ2n) is 4.03. The maximum atomic E-state index is 6.20. The van der Waals surface area contributed by atoms with Gasteiger partial charge in [0.05, 0.1) is 10.7 Å². The zero-order valence-corrected chi connectivity index (χ0v) is 9.58. The van der Waals surface area contributed by atoms with Gasteiger partial charge in [-0.3, -0.25) is 0 Å². The molecule has 1 unspecified atom stereocenters. The number of halogens is 1. The number of rotatable bonds is 2. The molecule has 0 radical (unpaired) electrons. The highest BCUT2D eigenvalue weighted by molar-refractivity contribution is 6.33. The summed E-state index contributed by atoms with van der Waals surface area (Å²) in [5, 5.41) is 0.831. The van der Waals surface area contributed by atoms with Gasteiger partial charge in [0, 0.05) is 19.1 Å². The van der Waals surface area contributed by atoms with Crippen molar-refractivity contribution in [1.82, 2.24) is 0 Å². The first-order chi connectivity index (χ1) is 7.33. The molecule has 2 rings (SSSR count). The highest BCUT2D eigenvalue weighted by Crippen LogP contribution is 2.30. The first-order valence-corrected chi connectivity index (χ1v) is 5.92. The Hall–Kier alpha value is -0.730. The number of para-hydroxylation sites is 1. The van der Waals surface area contributed by atoms with Crippen molar-refractivity contribution in [2.75, 3.05) is 18.0 Å². The normalized spacial score (nSPS) is 21.7. The number of nitrogens with zero attached hydrogens (tertiary/aromatic N) is 1. The number of hydrogen-bond donors (Lipinski definition) is 1. The topological polar surface area (TPSA) is 29.3 Å². The van der Waals surface area contributed by atoms with E-state index in [1.54, 1.807) is 0 Å². The van der Waals surface area contributed by atoms with E-state index in [0.717, 1.165) is 17.3 Å². The van der Waals surface area contributed by atoms with Crippen molar-refractivity contribution in [3.05, 3.63) is 29.3 Å². The summed E-state index contributed by atoms with van der Waals surface area (Å²) >= 11 is 6.20. The van der Waals surface area contributed by atoms with E-state index < -0.39 is 0 Å². The summed E-state index contributed by atoms with van der Waals surface area (Å²) < 4.78 is 0. The molecule has 1 saturated heterocycles. The Balaban J connectivity index is 2.24. The lowest BCUT2D eigenvalue weighted by Gasteiger charge is -2.37. The van der Waals surface area contributed by atoms with Gasteiger partial charge in [0.1, 0.15) is 0 Å². The summed E-state index contributed by atoms with van der Waals surface area (Å²) in [6.45, 7) is 1.79. The Bertz CT molecular complexity index is 327. The Morgan fingerprint density at radius 2 is 2.13 bits per heavy atom. The van der Waals surface area contributed by atoms with Crippen LogP contribution in [0.25, 0.3) is 0 Å². The Morgan fingerprint density at radius 3 is 2.87 bits per heavy atom. The van der Waals surface area contributed by atoms with Gasteiger partial charge in [-0.1, -0.05) is 23.7 Å². The molecule has 1 aliphatic rings. The fourth-order valence-corrected chi connectivity index (χ4v) is 2.49. The minimum absolute atomic E-state index is 0.457. The minimum Gasteiger partial charge on any atom is -0.366 e. The molecule has 3 heteroatoms. The van der Waals surface area contributed by atoms with Gasteiger partial charge in [0.15, 0.2) is 0 Å². The molecule has 0 spiro atoms. The van der Waals surface area contributed by atoms with Crippen molar-refractivity contribution in [3.8, 4) is 0 Å². The second kappa shape index (κ2) is 4.86. The molecule has 1 aromatic carbocycles. The zero-order chi connectivity index (χ0) is 10.7. The SMILES string of the molecule is NCC1CCCCN1c1ccccc1Cl. The zero-order valence-electron chi connectivity index (χ0n) is 8.82. The fraction of sp³-hybridized carbons (Fsp3) is 0.500. The molecule has 2 nitrogen and oxygen atoms in total. The van der Waals surface area contributed by atoms with Gasteiger partial charge < -0.3 is 10.6 Å². The molecule has 1 heterocycles. The first kappa shape index (κ1) is 10.8. The van der Waals surface area contributed by atoms with E-state index in [0.29, 0.717) is 12.6 Å². The van der Waals surface area contributed by atoms with Crippen LogP contribution in [0.3, 0.4) is 0 Å². The largest absolute Gasteiger partial charge is 0.366 e. The van der Waals surface area contributed by atoms with Gasteiger partial charge in [0.25, 0.3) is 0 Å². The summed E-state index contributed by atoms with van der Waals surface area (Å²) in [6.07, 6.45) is 3.70. The molecule has 2 N–H and O–H groups in total. The van der Waals surface area contributed by atoms with Crippen LogP contribution in [0.15, 0.2) is 24.3 Å². The van der Waals surface area contributed by atoms with Gasteiger partial charge in [0.2, 0.25) is 0 Å². The van der Waals surface area contributed by atoms with Crippen LogP contribution in [0, 0.1) is 0 Å². The van der Waals surface area contributed by atoms with E-state index in [9.17, 15) is 0 Å². The molecule has 0 amide bonds. The van der Waals surface area contributed by atoms with E-state index in [4.69, 9.17) is 17.3 Å². The van der Waals surface area contributed by atoms with Crippen molar-refractivity contribution in [1.29, 1.82) is 0 Å². The standard InChI is InChI=1S/C12H17ClN2/c13-11-6-1-2-7-12(11)15-8-4-3-5-10(15)9-14/h1-2,6-7,10H,3-5,8-9,14H2. The van der Waals surface area contributed by atoms with Crippen LogP contribution in [0.4, 0.5) is 5.69 Å². The molecule has 0 aromatic heterocycles.